The Morgan fingerprint density at radius 2 is 1.92 bits per heavy atom. The quantitative estimate of drug-likeness (QED) is 0.615. The van der Waals surface area contributed by atoms with Crippen LogP contribution in [0.25, 0.3) is 10.9 Å². The number of halogens is 4. The van der Waals surface area contributed by atoms with E-state index in [1.807, 2.05) is 0 Å². The Balaban J connectivity index is 2.20. The summed E-state index contributed by atoms with van der Waals surface area (Å²) in [5.41, 5.74) is 0.552. The number of rotatable bonds is 3. The SMILES string of the molecule is Cc1cc(Cl)ccc1Nc1c(C(=O)O)cnc2cc(C(F)(F)F)ccc12. The van der Waals surface area contributed by atoms with E-state index in [2.05, 4.69) is 10.3 Å². The van der Waals surface area contributed by atoms with Gasteiger partial charge in [0.2, 0.25) is 0 Å². The molecule has 0 saturated carbocycles. The Labute approximate surface area is 151 Å². The van der Waals surface area contributed by atoms with Crippen LogP contribution in [0.4, 0.5) is 24.5 Å². The highest BCUT2D eigenvalue weighted by Crippen LogP contribution is 2.35. The Hall–Kier alpha value is -2.80. The van der Waals surface area contributed by atoms with Crippen LogP contribution in [0, 0.1) is 6.92 Å². The first-order valence-electron chi connectivity index (χ1n) is 7.43. The number of nitrogens with one attached hydrogen (secondary N) is 1. The number of hydrogen-bond acceptors (Lipinski definition) is 3. The number of carbonyl (C=O) groups is 1. The van der Waals surface area contributed by atoms with E-state index in [9.17, 15) is 23.1 Å². The summed E-state index contributed by atoms with van der Waals surface area (Å²) in [6, 6.07) is 7.99. The maximum atomic E-state index is 12.9. The molecule has 2 N–H and O–H groups in total. The molecule has 0 aliphatic carbocycles. The van der Waals surface area contributed by atoms with E-state index >= 15 is 0 Å². The first kappa shape index (κ1) is 18.0. The highest BCUT2D eigenvalue weighted by Gasteiger charge is 2.31. The number of benzene rings is 2. The molecule has 0 amide bonds. The molecule has 0 unspecified atom stereocenters. The smallest absolute Gasteiger partial charge is 0.416 e. The van der Waals surface area contributed by atoms with Gasteiger partial charge in [0.05, 0.1) is 16.8 Å². The summed E-state index contributed by atoms with van der Waals surface area (Å²) < 4.78 is 38.7. The molecule has 3 rings (SSSR count). The van der Waals surface area contributed by atoms with Gasteiger partial charge in [-0.05, 0) is 42.8 Å². The van der Waals surface area contributed by atoms with Crippen LogP contribution in [0.15, 0.2) is 42.6 Å². The first-order valence-corrected chi connectivity index (χ1v) is 7.81. The van der Waals surface area contributed by atoms with Gasteiger partial charge in [-0.15, -0.1) is 0 Å². The summed E-state index contributed by atoms with van der Waals surface area (Å²) in [6.45, 7) is 1.78. The van der Waals surface area contributed by atoms with Crippen LogP contribution in [0.3, 0.4) is 0 Å². The summed E-state index contributed by atoms with van der Waals surface area (Å²) in [4.78, 5) is 15.4. The van der Waals surface area contributed by atoms with Gasteiger partial charge in [-0.1, -0.05) is 17.7 Å². The van der Waals surface area contributed by atoms with Crippen LogP contribution in [0.5, 0.6) is 0 Å². The van der Waals surface area contributed by atoms with Crippen LogP contribution in [-0.4, -0.2) is 16.1 Å². The molecule has 0 aliphatic rings. The van der Waals surface area contributed by atoms with Crippen LogP contribution < -0.4 is 5.32 Å². The van der Waals surface area contributed by atoms with Gasteiger partial charge in [-0.3, -0.25) is 4.98 Å². The third-order valence-electron chi connectivity index (χ3n) is 3.87. The molecule has 3 aromatic rings. The summed E-state index contributed by atoms with van der Waals surface area (Å²) in [7, 11) is 0. The van der Waals surface area contributed by atoms with E-state index in [0.29, 0.717) is 10.7 Å². The van der Waals surface area contributed by atoms with Crippen molar-refractivity contribution in [2.24, 2.45) is 0 Å². The maximum Gasteiger partial charge on any atom is 0.416 e. The first-order chi connectivity index (χ1) is 12.2. The third-order valence-corrected chi connectivity index (χ3v) is 4.11. The summed E-state index contributed by atoms with van der Waals surface area (Å²) in [5, 5.41) is 13.2. The number of aromatic carboxylic acids is 1. The molecule has 134 valence electrons. The summed E-state index contributed by atoms with van der Waals surface area (Å²) in [5.74, 6) is -1.24. The Morgan fingerprint density at radius 3 is 2.54 bits per heavy atom. The van der Waals surface area contributed by atoms with E-state index in [0.717, 1.165) is 23.9 Å². The molecule has 1 aromatic heterocycles. The molecule has 0 saturated heterocycles. The zero-order valence-corrected chi connectivity index (χ0v) is 14.1. The van der Waals surface area contributed by atoms with Gasteiger partial charge in [-0.25, -0.2) is 4.79 Å². The number of carboxylic acids is 1. The van der Waals surface area contributed by atoms with Crippen molar-refractivity contribution in [2.45, 2.75) is 13.1 Å². The second-order valence-corrected chi connectivity index (χ2v) is 6.10. The Kier molecular flexibility index (Phi) is 4.50. The van der Waals surface area contributed by atoms with Gasteiger partial charge >= 0.3 is 12.1 Å². The van der Waals surface area contributed by atoms with E-state index in [1.54, 1.807) is 25.1 Å². The van der Waals surface area contributed by atoms with Crippen molar-refractivity contribution in [1.29, 1.82) is 0 Å². The normalized spacial score (nSPS) is 11.6. The zero-order chi connectivity index (χ0) is 19.1. The lowest BCUT2D eigenvalue weighted by atomic mass is 10.1. The molecule has 0 fully saturated rings. The number of anilines is 2. The van der Waals surface area contributed by atoms with Gasteiger partial charge < -0.3 is 10.4 Å². The fourth-order valence-electron chi connectivity index (χ4n) is 2.57. The molecule has 0 bridgehead atoms. The average molecular weight is 381 g/mol. The highest BCUT2D eigenvalue weighted by atomic mass is 35.5. The lowest BCUT2D eigenvalue weighted by Gasteiger charge is -2.15. The molecule has 0 aliphatic heterocycles. The van der Waals surface area contributed by atoms with E-state index in [-0.39, 0.29) is 22.2 Å². The Morgan fingerprint density at radius 1 is 1.19 bits per heavy atom. The fourth-order valence-corrected chi connectivity index (χ4v) is 2.80. The van der Waals surface area contributed by atoms with Crippen LogP contribution in [0.2, 0.25) is 5.02 Å². The van der Waals surface area contributed by atoms with E-state index in [1.165, 1.54) is 6.07 Å². The summed E-state index contributed by atoms with van der Waals surface area (Å²) in [6.07, 6.45) is -3.47. The highest BCUT2D eigenvalue weighted by molar-refractivity contribution is 6.30. The molecule has 0 radical (unpaired) electrons. The van der Waals surface area contributed by atoms with Crippen molar-refractivity contribution in [3.8, 4) is 0 Å². The van der Waals surface area contributed by atoms with Gasteiger partial charge in [-0.2, -0.15) is 13.2 Å². The molecule has 2 aromatic carbocycles. The number of aromatic nitrogens is 1. The Bertz CT molecular complexity index is 1020. The minimum absolute atomic E-state index is 0.0407. The average Bonchev–Trinajstić information content (AvgIpc) is 2.55. The van der Waals surface area contributed by atoms with Crippen molar-refractivity contribution in [2.75, 3.05) is 5.32 Å². The molecule has 0 atom stereocenters. The number of nitrogens with zero attached hydrogens (tertiary/aromatic N) is 1. The lowest BCUT2D eigenvalue weighted by Crippen LogP contribution is -2.07. The predicted molar refractivity (Wildman–Crippen MR) is 93.2 cm³/mol. The molecule has 8 heteroatoms. The van der Waals surface area contributed by atoms with Crippen molar-refractivity contribution in [1.82, 2.24) is 4.98 Å². The van der Waals surface area contributed by atoms with E-state index < -0.39 is 17.7 Å². The standard InChI is InChI=1S/C18H12ClF3N2O2/c1-9-6-11(19)3-5-14(9)24-16-12-4-2-10(18(20,21)22)7-15(12)23-8-13(16)17(25)26/h2-8H,1H3,(H,23,24)(H,25,26). The molecular formula is C18H12ClF3N2O2. The van der Waals surface area contributed by atoms with Gasteiger partial charge in [0.25, 0.3) is 0 Å². The fraction of sp³-hybridized carbons (Fsp3) is 0.111. The van der Waals surface area contributed by atoms with Crippen molar-refractivity contribution in [3.63, 3.8) is 0 Å². The number of alkyl halides is 3. The van der Waals surface area contributed by atoms with Crippen LogP contribution >= 0.6 is 11.6 Å². The number of carboxylic acid groups (broad SMARTS) is 1. The van der Waals surface area contributed by atoms with Crippen molar-refractivity contribution in [3.05, 3.63) is 64.3 Å². The van der Waals surface area contributed by atoms with Gasteiger partial charge in [0, 0.05) is 22.3 Å². The topological polar surface area (TPSA) is 62.2 Å². The second kappa shape index (κ2) is 6.49. The maximum absolute atomic E-state index is 12.9. The minimum atomic E-state index is -4.51. The molecule has 1 heterocycles. The number of aryl methyl sites for hydroxylation is 1. The number of fused-ring (bicyclic) bond motifs is 1. The van der Waals surface area contributed by atoms with E-state index in [4.69, 9.17) is 11.6 Å². The van der Waals surface area contributed by atoms with Crippen molar-refractivity contribution < 1.29 is 23.1 Å². The monoisotopic (exact) mass is 380 g/mol. The minimum Gasteiger partial charge on any atom is -0.478 e. The number of pyridine rings is 1. The van der Waals surface area contributed by atoms with Crippen LogP contribution in [0.1, 0.15) is 21.5 Å². The largest absolute Gasteiger partial charge is 0.478 e. The van der Waals surface area contributed by atoms with Gasteiger partial charge in [0.15, 0.2) is 0 Å². The molecule has 26 heavy (non-hydrogen) atoms. The zero-order valence-electron chi connectivity index (χ0n) is 13.4. The lowest BCUT2D eigenvalue weighted by molar-refractivity contribution is -0.137. The third kappa shape index (κ3) is 3.43. The molecule has 4 nitrogen and oxygen atoms in total. The summed E-state index contributed by atoms with van der Waals surface area (Å²) >= 11 is 5.92. The molecular weight excluding hydrogens is 369 g/mol. The van der Waals surface area contributed by atoms with Gasteiger partial charge in [0.1, 0.15) is 5.56 Å². The number of hydrogen-bond donors (Lipinski definition) is 2. The van der Waals surface area contributed by atoms with Crippen molar-refractivity contribution >= 4 is 39.8 Å². The predicted octanol–water partition coefficient (Wildman–Crippen LogP) is 5.66. The second-order valence-electron chi connectivity index (χ2n) is 5.67. The van der Waals surface area contributed by atoms with Crippen LogP contribution in [-0.2, 0) is 6.18 Å². The molecule has 0 spiro atoms.